The third kappa shape index (κ3) is 5.19. The van der Waals surface area contributed by atoms with Gasteiger partial charge < -0.3 is 14.4 Å². The Morgan fingerprint density at radius 1 is 1.10 bits per heavy atom. The van der Waals surface area contributed by atoms with Crippen molar-refractivity contribution in [2.24, 2.45) is 5.92 Å². The summed E-state index contributed by atoms with van der Waals surface area (Å²) in [6.45, 7) is 4.25. The summed E-state index contributed by atoms with van der Waals surface area (Å²) >= 11 is 0. The van der Waals surface area contributed by atoms with Crippen LogP contribution in [0.5, 0.6) is 11.5 Å². The van der Waals surface area contributed by atoms with E-state index in [4.69, 9.17) is 9.47 Å². The van der Waals surface area contributed by atoms with Crippen LogP contribution in [0.1, 0.15) is 31.7 Å². The molecule has 2 aromatic rings. The van der Waals surface area contributed by atoms with Gasteiger partial charge in [0.1, 0.15) is 18.0 Å². The fourth-order valence-electron chi connectivity index (χ4n) is 4.32. The number of fused-ring (bicyclic) bond motifs is 1. The van der Waals surface area contributed by atoms with Crippen molar-refractivity contribution in [1.82, 2.24) is 4.90 Å². The van der Waals surface area contributed by atoms with Crippen molar-refractivity contribution in [3.05, 3.63) is 54.1 Å². The van der Waals surface area contributed by atoms with Crippen molar-refractivity contribution in [1.29, 1.82) is 0 Å². The lowest BCUT2D eigenvalue weighted by atomic mass is 9.90. The van der Waals surface area contributed by atoms with Crippen molar-refractivity contribution in [3.63, 3.8) is 0 Å². The molecule has 0 radical (unpaired) electrons. The highest BCUT2D eigenvalue weighted by atomic mass is 16.5. The molecule has 6 nitrogen and oxygen atoms in total. The Balaban J connectivity index is 1.25. The predicted octanol–water partition coefficient (Wildman–Crippen LogP) is 3.68. The molecule has 0 aliphatic carbocycles. The van der Waals surface area contributed by atoms with Crippen LogP contribution < -0.4 is 14.4 Å². The molecular weight excluding hydrogens is 392 g/mol. The predicted molar refractivity (Wildman–Crippen MR) is 120 cm³/mol. The second-order valence-electron chi connectivity index (χ2n) is 8.18. The van der Waals surface area contributed by atoms with E-state index in [1.54, 1.807) is 4.90 Å². The number of likely N-dealkylation sites (tertiary alicyclic amines) is 1. The Labute approximate surface area is 183 Å². The van der Waals surface area contributed by atoms with Crippen LogP contribution in [0.2, 0.25) is 0 Å². The van der Waals surface area contributed by atoms with Crippen LogP contribution in [0.15, 0.2) is 48.5 Å². The van der Waals surface area contributed by atoms with Crippen molar-refractivity contribution in [2.75, 3.05) is 37.7 Å². The lowest BCUT2D eigenvalue weighted by molar-refractivity contribution is -0.133. The number of carbonyl (C=O) groups excluding carboxylic acids is 2. The van der Waals surface area contributed by atoms with E-state index in [-0.39, 0.29) is 25.0 Å². The first-order valence-electron chi connectivity index (χ1n) is 11.2. The standard InChI is InChI=1S/C25H30N2O4/c1-2-30-21-11-9-19(10-12-21)7-8-20-13-15-26(16-14-20)24(28)17-27-22-5-3-4-6-23(22)31-18-25(27)29/h3-6,9-12,20H,2,7-8,13-18H2,1H3. The minimum absolute atomic E-state index is 0.00927. The highest BCUT2D eigenvalue weighted by Crippen LogP contribution is 2.31. The Morgan fingerprint density at radius 2 is 1.84 bits per heavy atom. The van der Waals surface area contributed by atoms with Gasteiger partial charge in [0, 0.05) is 13.1 Å². The minimum Gasteiger partial charge on any atom is -0.494 e. The maximum Gasteiger partial charge on any atom is 0.265 e. The quantitative estimate of drug-likeness (QED) is 0.683. The average Bonchev–Trinajstić information content (AvgIpc) is 2.81. The van der Waals surface area contributed by atoms with Crippen molar-refractivity contribution >= 4 is 17.5 Å². The van der Waals surface area contributed by atoms with Crippen LogP contribution in [0.25, 0.3) is 0 Å². The summed E-state index contributed by atoms with van der Waals surface area (Å²) in [6, 6.07) is 15.7. The Morgan fingerprint density at radius 3 is 2.58 bits per heavy atom. The molecule has 0 bridgehead atoms. The minimum atomic E-state index is -0.169. The monoisotopic (exact) mass is 422 g/mol. The molecular formula is C25H30N2O4. The number of amides is 2. The van der Waals surface area contributed by atoms with Crippen molar-refractivity contribution in [3.8, 4) is 11.5 Å². The van der Waals surface area contributed by atoms with E-state index in [9.17, 15) is 9.59 Å². The molecule has 0 atom stereocenters. The van der Waals surface area contributed by atoms with Crippen LogP contribution >= 0.6 is 0 Å². The fourth-order valence-corrected chi connectivity index (χ4v) is 4.32. The van der Waals surface area contributed by atoms with E-state index in [0.717, 1.165) is 44.5 Å². The van der Waals surface area contributed by atoms with Gasteiger partial charge in [-0.1, -0.05) is 24.3 Å². The number of aryl methyl sites for hydroxylation is 1. The molecule has 2 aliphatic rings. The van der Waals surface area contributed by atoms with Gasteiger partial charge in [-0.25, -0.2) is 0 Å². The molecule has 2 amide bonds. The normalized spacial score (nSPS) is 16.6. The number of nitrogens with zero attached hydrogens (tertiary/aromatic N) is 2. The van der Waals surface area contributed by atoms with Gasteiger partial charge in [-0.2, -0.15) is 0 Å². The first kappa shape index (κ1) is 21.2. The van der Waals surface area contributed by atoms with E-state index in [1.165, 1.54) is 5.56 Å². The summed E-state index contributed by atoms with van der Waals surface area (Å²) in [6.07, 6.45) is 4.20. The summed E-state index contributed by atoms with van der Waals surface area (Å²) in [4.78, 5) is 28.7. The molecule has 2 aliphatic heterocycles. The molecule has 2 heterocycles. The van der Waals surface area contributed by atoms with Crippen LogP contribution in [0.4, 0.5) is 5.69 Å². The highest BCUT2D eigenvalue weighted by Gasteiger charge is 2.30. The van der Waals surface area contributed by atoms with E-state index in [1.807, 2.05) is 48.2 Å². The topological polar surface area (TPSA) is 59.1 Å². The third-order valence-corrected chi connectivity index (χ3v) is 6.14. The number of carbonyl (C=O) groups is 2. The number of para-hydroxylation sites is 2. The molecule has 164 valence electrons. The van der Waals surface area contributed by atoms with Gasteiger partial charge >= 0.3 is 0 Å². The summed E-state index contributed by atoms with van der Waals surface area (Å²) in [5.41, 5.74) is 2.00. The summed E-state index contributed by atoms with van der Waals surface area (Å²) in [7, 11) is 0. The molecule has 0 aromatic heterocycles. The van der Waals surface area contributed by atoms with E-state index >= 15 is 0 Å². The third-order valence-electron chi connectivity index (χ3n) is 6.14. The largest absolute Gasteiger partial charge is 0.494 e. The van der Waals surface area contributed by atoms with Gasteiger partial charge in [-0.05, 0) is 68.4 Å². The van der Waals surface area contributed by atoms with Crippen LogP contribution in [-0.4, -0.2) is 49.6 Å². The Kier molecular flexibility index (Phi) is 6.75. The molecule has 31 heavy (non-hydrogen) atoms. The number of hydrogen-bond acceptors (Lipinski definition) is 4. The SMILES string of the molecule is CCOc1ccc(CCC2CCN(C(=O)CN3C(=O)COc4ccccc43)CC2)cc1. The van der Waals surface area contributed by atoms with Crippen LogP contribution in [0, 0.1) is 5.92 Å². The Hall–Kier alpha value is -3.02. The number of benzene rings is 2. The van der Waals surface area contributed by atoms with E-state index < -0.39 is 0 Å². The second-order valence-corrected chi connectivity index (χ2v) is 8.18. The van der Waals surface area contributed by atoms with E-state index in [0.29, 0.717) is 24.0 Å². The number of piperidine rings is 1. The number of hydrogen-bond donors (Lipinski definition) is 0. The summed E-state index contributed by atoms with van der Waals surface area (Å²) in [5.74, 6) is 2.04. The summed E-state index contributed by atoms with van der Waals surface area (Å²) in [5, 5.41) is 0. The average molecular weight is 423 g/mol. The zero-order chi connectivity index (χ0) is 21.6. The molecule has 0 spiro atoms. The van der Waals surface area contributed by atoms with Gasteiger partial charge in [0.2, 0.25) is 5.91 Å². The molecule has 0 N–H and O–H groups in total. The van der Waals surface area contributed by atoms with Gasteiger partial charge in [0.15, 0.2) is 6.61 Å². The molecule has 1 saturated heterocycles. The highest BCUT2D eigenvalue weighted by molar-refractivity contribution is 6.02. The van der Waals surface area contributed by atoms with E-state index in [2.05, 4.69) is 12.1 Å². The van der Waals surface area contributed by atoms with Gasteiger partial charge in [0.25, 0.3) is 5.91 Å². The fraction of sp³-hybridized carbons (Fsp3) is 0.440. The zero-order valence-electron chi connectivity index (χ0n) is 18.1. The van der Waals surface area contributed by atoms with Crippen LogP contribution in [-0.2, 0) is 16.0 Å². The zero-order valence-corrected chi connectivity index (χ0v) is 18.1. The lowest BCUT2D eigenvalue weighted by Gasteiger charge is -2.35. The Bertz CT molecular complexity index is 904. The van der Waals surface area contributed by atoms with Gasteiger partial charge in [0.05, 0.1) is 12.3 Å². The lowest BCUT2D eigenvalue weighted by Crippen LogP contribution is -2.48. The second kappa shape index (κ2) is 9.86. The number of ether oxygens (including phenoxy) is 2. The maximum absolute atomic E-state index is 12.9. The molecule has 0 unspecified atom stereocenters. The van der Waals surface area contributed by atoms with Crippen molar-refractivity contribution < 1.29 is 19.1 Å². The van der Waals surface area contributed by atoms with Crippen LogP contribution in [0.3, 0.4) is 0 Å². The smallest absolute Gasteiger partial charge is 0.265 e. The van der Waals surface area contributed by atoms with Crippen molar-refractivity contribution in [2.45, 2.75) is 32.6 Å². The maximum atomic E-state index is 12.9. The molecule has 4 rings (SSSR count). The molecule has 6 heteroatoms. The van der Waals surface area contributed by atoms with Gasteiger partial charge in [-0.15, -0.1) is 0 Å². The first-order valence-corrected chi connectivity index (χ1v) is 11.2. The first-order chi connectivity index (χ1) is 15.1. The molecule has 0 saturated carbocycles. The number of anilines is 1. The molecule has 2 aromatic carbocycles. The van der Waals surface area contributed by atoms with Gasteiger partial charge in [-0.3, -0.25) is 14.5 Å². The molecule has 1 fully saturated rings. The number of rotatable bonds is 7. The summed E-state index contributed by atoms with van der Waals surface area (Å²) < 4.78 is 11.0.